The number of hydrogen-bond acceptors (Lipinski definition) is 5. The molecule has 0 bridgehead atoms. The van der Waals surface area contributed by atoms with Crippen LogP contribution in [0, 0.1) is 0 Å². The predicted octanol–water partition coefficient (Wildman–Crippen LogP) is 8.07. The van der Waals surface area contributed by atoms with E-state index in [0.29, 0.717) is 24.5 Å². The van der Waals surface area contributed by atoms with Gasteiger partial charge in [0.25, 0.3) is 0 Å². The molecule has 0 radical (unpaired) electrons. The molecule has 1 unspecified atom stereocenters. The molecule has 0 aliphatic carbocycles. The Morgan fingerprint density at radius 2 is 1.42 bits per heavy atom. The van der Waals surface area contributed by atoms with Gasteiger partial charge in [-0.1, -0.05) is 103 Å². The zero-order chi connectivity index (χ0) is 32.3. The number of hydrogen-bond donors (Lipinski definition) is 1. The van der Waals surface area contributed by atoms with Gasteiger partial charge in [0.2, 0.25) is 6.41 Å². The summed E-state index contributed by atoms with van der Waals surface area (Å²) < 4.78 is 10.2. The van der Waals surface area contributed by atoms with Crippen molar-refractivity contribution in [3.05, 3.63) is 156 Å². The molecular formula is C40H34N6O2. The summed E-state index contributed by atoms with van der Waals surface area (Å²) >= 11 is 0. The highest BCUT2D eigenvalue weighted by Crippen LogP contribution is 2.41. The number of amides is 1. The van der Waals surface area contributed by atoms with Gasteiger partial charge in [0, 0.05) is 28.8 Å². The van der Waals surface area contributed by atoms with Gasteiger partial charge in [0.15, 0.2) is 12.1 Å². The first-order valence-corrected chi connectivity index (χ1v) is 16.3. The number of carbonyl (C=O) groups excluding carboxylic acids is 1. The van der Waals surface area contributed by atoms with E-state index < -0.39 is 5.54 Å². The summed E-state index contributed by atoms with van der Waals surface area (Å²) in [5.41, 5.74) is 6.72. The monoisotopic (exact) mass is 630 g/mol. The molecule has 2 aromatic heterocycles. The topological polar surface area (TPSA) is 86.9 Å². The quantitative estimate of drug-likeness (QED) is 0.129. The van der Waals surface area contributed by atoms with E-state index in [-0.39, 0.29) is 6.23 Å². The molecule has 1 amide bonds. The van der Waals surface area contributed by atoms with Crippen LogP contribution in [0.5, 0.6) is 0 Å². The van der Waals surface area contributed by atoms with Crippen molar-refractivity contribution in [2.24, 2.45) is 0 Å². The van der Waals surface area contributed by atoms with Crippen LogP contribution in [0.1, 0.15) is 42.2 Å². The minimum atomic E-state index is -0.764. The van der Waals surface area contributed by atoms with Crippen LogP contribution in [0.15, 0.2) is 140 Å². The van der Waals surface area contributed by atoms with Gasteiger partial charge in [-0.25, -0.2) is 14.3 Å². The number of fused-ring (bicyclic) bond motifs is 1. The summed E-state index contributed by atoms with van der Waals surface area (Å²) in [6.07, 6.45) is 5.42. The molecule has 1 N–H and O–H groups in total. The molecule has 1 aliphatic heterocycles. The third-order valence-electron chi connectivity index (χ3n) is 9.16. The van der Waals surface area contributed by atoms with Crippen LogP contribution in [0.4, 0.5) is 5.69 Å². The molecule has 0 saturated carbocycles. The van der Waals surface area contributed by atoms with Crippen molar-refractivity contribution in [3.8, 4) is 22.6 Å². The molecule has 1 aliphatic rings. The van der Waals surface area contributed by atoms with Gasteiger partial charge in [-0.05, 0) is 66.3 Å². The van der Waals surface area contributed by atoms with Crippen molar-refractivity contribution in [1.29, 1.82) is 0 Å². The Hall–Kier alpha value is -5.86. The van der Waals surface area contributed by atoms with Crippen molar-refractivity contribution in [2.75, 3.05) is 11.9 Å². The first-order valence-electron chi connectivity index (χ1n) is 16.3. The van der Waals surface area contributed by atoms with Crippen molar-refractivity contribution >= 4 is 23.0 Å². The predicted molar refractivity (Wildman–Crippen MR) is 187 cm³/mol. The molecule has 5 aromatic carbocycles. The fourth-order valence-corrected chi connectivity index (χ4v) is 6.95. The minimum Gasteiger partial charge on any atom is -0.356 e. The first kappa shape index (κ1) is 29.5. The van der Waals surface area contributed by atoms with Crippen LogP contribution >= 0.6 is 0 Å². The number of carbonyl (C=O) groups is 1. The molecule has 48 heavy (non-hydrogen) atoms. The second kappa shape index (κ2) is 12.7. The molecule has 8 nitrogen and oxygen atoms in total. The number of aromatic nitrogens is 5. The van der Waals surface area contributed by atoms with E-state index in [9.17, 15) is 4.79 Å². The highest BCUT2D eigenvalue weighted by atomic mass is 16.5. The molecule has 8 rings (SSSR count). The maximum Gasteiger partial charge on any atom is 0.211 e. The van der Waals surface area contributed by atoms with Gasteiger partial charge >= 0.3 is 0 Å². The Balaban J connectivity index is 1.30. The third-order valence-corrected chi connectivity index (χ3v) is 9.16. The lowest BCUT2D eigenvalue weighted by Crippen LogP contribution is -2.38. The highest BCUT2D eigenvalue weighted by Gasteiger charge is 2.39. The molecule has 0 spiro atoms. The number of anilines is 1. The second-order valence-corrected chi connectivity index (χ2v) is 12.0. The average molecular weight is 631 g/mol. The maximum absolute atomic E-state index is 11.2. The number of rotatable bonds is 9. The van der Waals surface area contributed by atoms with Crippen LogP contribution in [0.3, 0.4) is 0 Å². The Morgan fingerprint density at radius 1 is 0.729 bits per heavy atom. The lowest BCUT2D eigenvalue weighted by atomic mass is 9.77. The van der Waals surface area contributed by atoms with Gasteiger partial charge in [-0.3, -0.25) is 4.79 Å². The van der Waals surface area contributed by atoms with E-state index in [0.717, 1.165) is 63.7 Å². The molecule has 8 heteroatoms. The third kappa shape index (κ3) is 5.16. The summed E-state index contributed by atoms with van der Waals surface area (Å²) in [6.45, 7) is 0.714. The van der Waals surface area contributed by atoms with Crippen LogP contribution in [0.2, 0.25) is 0 Å². The zero-order valence-corrected chi connectivity index (χ0v) is 26.3. The average Bonchev–Trinajstić information content (AvgIpc) is 3.80. The number of ether oxygens (including phenoxy) is 1. The number of nitrogens with zero attached hydrogens (tertiary/aromatic N) is 5. The van der Waals surface area contributed by atoms with Crippen molar-refractivity contribution in [1.82, 2.24) is 24.5 Å². The van der Waals surface area contributed by atoms with Crippen molar-refractivity contribution in [2.45, 2.75) is 31.0 Å². The summed E-state index contributed by atoms with van der Waals surface area (Å²) in [5, 5.41) is 14.1. The Bertz CT molecular complexity index is 2070. The fraction of sp³-hybridized carbons (Fsp3) is 0.150. The lowest BCUT2D eigenvalue weighted by Gasteiger charge is -2.35. The van der Waals surface area contributed by atoms with E-state index in [4.69, 9.17) is 19.9 Å². The van der Waals surface area contributed by atoms with Crippen LogP contribution < -0.4 is 5.32 Å². The number of benzene rings is 5. The molecule has 1 atom stereocenters. The second-order valence-electron chi connectivity index (χ2n) is 12.0. The molecular weight excluding hydrogens is 596 g/mol. The SMILES string of the molecule is O=CNc1cccc(-c2nn(C3CCCCO3)c3ccc(-c4ncn(C(c5ccccc5)(c5ccccc5)c5ccccc5)n4)cc23)c1. The van der Waals surface area contributed by atoms with Gasteiger partial charge in [-0.15, -0.1) is 5.10 Å². The van der Waals surface area contributed by atoms with Gasteiger partial charge in [0.05, 0.1) is 5.52 Å². The molecule has 3 heterocycles. The maximum atomic E-state index is 11.2. The summed E-state index contributed by atoms with van der Waals surface area (Å²) in [4.78, 5) is 16.2. The normalized spacial score (nSPS) is 15.0. The Morgan fingerprint density at radius 3 is 2.04 bits per heavy atom. The minimum absolute atomic E-state index is 0.141. The smallest absolute Gasteiger partial charge is 0.211 e. The molecule has 236 valence electrons. The largest absolute Gasteiger partial charge is 0.356 e. The lowest BCUT2D eigenvalue weighted by molar-refractivity contribution is -0.105. The molecule has 7 aromatic rings. The van der Waals surface area contributed by atoms with E-state index in [1.54, 1.807) is 0 Å². The fourth-order valence-electron chi connectivity index (χ4n) is 6.95. The standard InChI is InChI=1S/C40H34N6O2/c47-28-42-34-20-12-13-29(25-34)38-35-26-30(22-23-36(35)46(43-38)37-21-10-11-24-48-37)39-41-27-45(44-39)40(31-14-4-1-5-15-31,32-16-6-2-7-17-32)33-18-8-3-9-19-33/h1-9,12-20,22-23,25-28,37H,10-11,21,24H2,(H,42,47). The van der Waals surface area contributed by atoms with E-state index in [1.807, 2.05) is 58.2 Å². The van der Waals surface area contributed by atoms with Crippen LogP contribution in [-0.2, 0) is 15.1 Å². The van der Waals surface area contributed by atoms with Gasteiger partial charge < -0.3 is 10.1 Å². The number of nitrogens with one attached hydrogen (secondary N) is 1. The molecule has 1 saturated heterocycles. The molecule has 1 fully saturated rings. The summed E-state index contributed by atoms with van der Waals surface area (Å²) in [7, 11) is 0. The van der Waals surface area contributed by atoms with Gasteiger partial charge in [-0.2, -0.15) is 5.10 Å². The van der Waals surface area contributed by atoms with Crippen LogP contribution in [-0.4, -0.2) is 37.6 Å². The van der Waals surface area contributed by atoms with Gasteiger partial charge in [0.1, 0.15) is 17.6 Å². The Labute approximate surface area is 278 Å². The van der Waals surface area contributed by atoms with E-state index >= 15 is 0 Å². The van der Waals surface area contributed by atoms with Crippen molar-refractivity contribution < 1.29 is 9.53 Å². The summed E-state index contributed by atoms with van der Waals surface area (Å²) in [5.74, 6) is 0.605. The Kier molecular flexibility index (Phi) is 7.84. The van der Waals surface area contributed by atoms with E-state index in [1.165, 1.54) is 0 Å². The van der Waals surface area contributed by atoms with E-state index in [2.05, 4.69) is 96.3 Å². The highest BCUT2D eigenvalue weighted by molar-refractivity contribution is 5.96. The summed E-state index contributed by atoms with van der Waals surface area (Å²) in [6, 6.07) is 45.4. The first-order chi connectivity index (χ1) is 23.8. The van der Waals surface area contributed by atoms with Crippen molar-refractivity contribution in [3.63, 3.8) is 0 Å². The zero-order valence-electron chi connectivity index (χ0n) is 26.3. The van der Waals surface area contributed by atoms with Crippen LogP contribution in [0.25, 0.3) is 33.5 Å².